The molecule has 2 aromatic heterocycles. The Kier molecular flexibility index (Phi) is 4.50. The number of hydrogen-bond donors (Lipinski definition) is 2. The number of fused-ring (bicyclic) bond motifs is 1. The van der Waals surface area contributed by atoms with E-state index in [9.17, 15) is 4.79 Å². The molecule has 1 amide bonds. The Bertz CT molecular complexity index is 735. The van der Waals surface area contributed by atoms with Gasteiger partial charge in [0.1, 0.15) is 0 Å². The number of carbonyl (C=O) groups is 1. The topological polar surface area (TPSA) is 77.2 Å². The summed E-state index contributed by atoms with van der Waals surface area (Å²) in [6, 6.07) is 4.40. The molecule has 1 saturated heterocycles. The van der Waals surface area contributed by atoms with E-state index in [0.29, 0.717) is 11.7 Å². The van der Waals surface area contributed by atoms with E-state index in [1.54, 1.807) is 6.20 Å². The van der Waals surface area contributed by atoms with Crippen molar-refractivity contribution in [2.75, 3.05) is 32.7 Å². The van der Waals surface area contributed by atoms with E-state index in [4.69, 9.17) is 0 Å². The first kappa shape index (κ1) is 16.2. The summed E-state index contributed by atoms with van der Waals surface area (Å²) in [5.74, 6) is 0.0508. The molecule has 7 nitrogen and oxygen atoms in total. The normalized spacial score (nSPS) is 19.5. The van der Waals surface area contributed by atoms with E-state index in [1.807, 2.05) is 17.2 Å². The molecule has 25 heavy (non-hydrogen) atoms. The molecular weight excluding hydrogens is 316 g/mol. The molecule has 7 heteroatoms. The standard InChI is InChI=1S/C18H24N6O/c1-13(14-3-2-5-19-11-14)23-7-9-24(10-8-23)18(25)17-15-12-20-6-4-16(15)21-22-17/h2-3,5,11,13,20H,4,6-10,12H2,1H3,(H,21,22). The number of nitrogens with zero attached hydrogens (tertiary/aromatic N) is 4. The molecule has 1 atom stereocenters. The highest BCUT2D eigenvalue weighted by molar-refractivity contribution is 5.94. The van der Waals surface area contributed by atoms with Crippen LogP contribution in [0.5, 0.6) is 0 Å². The average molecular weight is 340 g/mol. The lowest BCUT2D eigenvalue weighted by Gasteiger charge is -2.38. The molecule has 1 unspecified atom stereocenters. The molecule has 0 aromatic carbocycles. The Morgan fingerprint density at radius 3 is 2.88 bits per heavy atom. The number of carbonyl (C=O) groups excluding carboxylic acids is 1. The number of nitrogens with one attached hydrogen (secondary N) is 2. The van der Waals surface area contributed by atoms with Crippen molar-refractivity contribution in [1.82, 2.24) is 30.3 Å². The highest BCUT2D eigenvalue weighted by atomic mass is 16.2. The number of pyridine rings is 1. The van der Waals surface area contributed by atoms with E-state index in [0.717, 1.165) is 56.9 Å². The van der Waals surface area contributed by atoms with Gasteiger partial charge in [-0.2, -0.15) is 5.10 Å². The highest BCUT2D eigenvalue weighted by Gasteiger charge is 2.29. The van der Waals surface area contributed by atoms with Crippen LogP contribution in [0.3, 0.4) is 0 Å². The van der Waals surface area contributed by atoms with Crippen molar-refractivity contribution in [3.63, 3.8) is 0 Å². The molecular formula is C18H24N6O. The van der Waals surface area contributed by atoms with Crippen LogP contribution in [0.25, 0.3) is 0 Å². The van der Waals surface area contributed by atoms with Gasteiger partial charge < -0.3 is 10.2 Å². The molecule has 0 radical (unpaired) electrons. The van der Waals surface area contributed by atoms with Crippen LogP contribution in [-0.2, 0) is 13.0 Å². The summed E-state index contributed by atoms with van der Waals surface area (Å²) in [4.78, 5) is 21.4. The molecule has 2 N–H and O–H groups in total. The van der Waals surface area contributed by atoms with Crippen LogP contribution in [0.2, 0.25) is 0 Å². The zero-order chi connectivity index (χ0) is 17.2. The summed E-state index contributed by atoms with van der Waals surface area (Å²) >= 11 is 0. The molecule has 1 fully saturated rings. The van der Waals surface area contributed by atoms with Crippen LogP contribution in [0.1, 0.15) is 40.3 Å². The second-order valence-electron chi connectivity index (χ2n) is 6.75. The molecule has 0 aliphatic carbocycles. The van der Waals surface area contributed by atoms with Gasteiger partial charge in [0.15, 0.2) is 5.69 Å². The zero-order valence-corrected chi connectivity index (χ0v) is 14.5. The third-order valence-electron chi connectivity index (χ3n) is 5.32. The largest absolute Gasteiger partial charge is 0.335 e. The summed E-state index contributed by atoms with van der Waals surface area (Å²) < 4.78 is 0. The number of aromatic amines is 1. The summed E-state index contributed by atoms with van der Waals surface area (Å²) in [7, 11) is 0. The van der Waals surface area contributed by atoms with Gasteiger partial charge in [-0.3, -0.25) is 19.8 Å². The van der Waals surface area contributed by atoms with Gasteiger partial charge >= 0.3 is 0 Å². The van der Waals surface area contributed by atoms with Crippen LogP contribution < -0.4 is 5.32 Å². The number of piperazine rings is 1. The number of H-pyrrole nitrogens is 1. The van der Waals surface area contributed by atoms with Crippen molar-refractivity contribution in [3.05, 3.63) is 47.0 Å². The first-order chi connectivity index (χ1) is 12.2. The molecule has 4 rings (SSSR count). The number of aromatic nitrogens is 3. The zero-order valence-electron chi connectivity index (χ0n) is 14.5. The van der Waals surface area contributed by atoms with Crippen LogP contribution in [0.15, 0.2) is 24.5 Å². The molecule has 2 aliphatic heterocycles. The van der Waals surface area contributed by atoms with E-state index in [2.05, 4.69) is 38.4 Å². The minimum Gasteiger partial charge on any atom is -0.335 e. The Balaban J connectivity index is 1.40. The third-order valence-corrected chi connectivity index (χ3v) is 5.32. The van der Waals surface area contributed by atoms with Crippen molar-refractivity contribution in [1.29, 1.82) is 0 Å². The second-order valence-corrected chi connectivity index (χ2v) is 6.75. The average Bonchev–Trinajstić information content (AvgIpc) is 3.12. The lowest BCUT2D eigenvalue weighted by Crippen LogP contribution is -2.49. The van der Waals surface area contributed by atoms with Gasteiger partial charge in [-0.1, -0.05) is 6.07 Å². The maximum Gasteiger partial charge on any atom is 0.274 e. The van der Waals surface area contributed by atoms with Crippen molar-refractivity contribution in [2.45, 2.75) is 25.9 Å². The van der Waals surface area contributed by atoms with Crippen LogP contribution in [-0.4, -0.2) is 63.6 Å². The fourth-order valence-corrected chi connectivity index (χ4v) is 3.70. The van der Waals surface area contributed by atoms with Gasteiger partial charge in [-0.05, 0) is 18.6 Å². The minimum absolute atomic E-state index is 0.0508. The molecule has 132 valence electrons. The molecule has 0 spiro atoms. The Morgan fingerprint density at radius 1 is 1.28 bits per heavy atom. The first-order valence-electron chi connectivity index (χ1n) is 8.94. The fourth-order valence-electron chi connectivity index (χ4n) is 3.70. The lowest BCUT2D eigenvalue weighted by atomic mass is 10.1. The summed E-state index contributed by atoms with van der Waals surface area (Å²) in [6.45, 7) is 7.07. The number of rotatable bonds is 3. The van der Waals surface area contributed by atoms with E-state index in [-0.39, 0.29) is 5.91 Å². The van der Waals surface area contributed by atoms with Crippen molar-refractivity contribution in [3.8, 4) is 0 Å². The van der Waals surface area contributed by atoms with Crippen molar-refractivity contribution < 1.29 is 4.79 Å². The van der Waals surface area contributed by atoms with Gasteiger partial charge in [0.05, 0.1) is 0 Å². The number of hydrogen-bond acceptors (Lipinski definition) is 5. The summed E-state index contributed by atoms with van der Waals surface area (Å²) in [5.41, 5.74) is 3.96. The summed E-state index contributed by atoms with van der Waals surface area (Å²) in [5, 5.41) is 10.7. The fraction of sp³-hybridized carbons (Fsp3) is 0.500. The van der Waals surface area contributed by atoms with Crippen molar-refractivity contribution in [2.24, 2.45) is 0 Å². The highest BCUT2D eigenvalue weighted by Crippen LogP contribution is 2.22. The van der Waals surface area contributed by atoms with E-state index in [1.165, 1.54) is 5.56 Å². The van der Waals surface area contributed by atoms with Gasteiger partial charge in [0.2, 0.25) is 0 Å². The van der Waals surface area contributed by atoms with E-state index < -0.39 is 0 Å². The quantitative estimate of drug-likeness (QED) is 0.871. The SMILES string of the molecule is CC(c1cccnc1)N1CCN(C(=O)c2n[nH]c3c2CNCC3)CC1. The Hall–Kier alpha value is -2.25. The Labute approximate surface area is 147 Å². The van der Waals surface area contributed by atoms with Gasteiger partial charge in [0.25, 0.3) is 5.91 Å². The van der Waals surface area contributed by atoms with Crippen LogP contribution >= 0.6 is 0 Å². The predicted octanol–water partition coefficient (Wildman–Crippen LogP) is 0.969. The maximum absolute atomic E-state index is 12.9. The molecule has 2 aromatic rings. The Morgan fingerprint density at radius 2 is 2.12 bits per heavy atom. The molecule has 0 saturated carbocycles. The smallest absolute Gasteiger partial charge is 0.274 e. The molecule has 4 heterocycles. The van der Waals surface area contributed by atoms with Crippen molar-refractivity contribution >= 4 is 5.91 Å². The van der Waals surface area contributed by atoms with E-state index >= 15 is 0 Å². The van der Waals surface area contributed by atoms with Crippen LogP contribution in [0, 0.1) is 0 Å². The summed E-state index contributed by atoms with van der Waals surface area (Å²) in [6.07, 6.45) is 4.63. The second kappa shape index (κ2) is 6.93. The minimum atomic E-state index is 0.0508. The predicted molar refractivity (Wildman–Crippen MR) is 94.1 cm³/mol. The molecule has 2 aliphatic rings. The van der Waals surface area contributed by atoms with Crippen LogP contribution in [0.4, 0.5) is 0 Å². The third kappa shape index (κ3) is 3.17. The van der Waals surface area contributed by atoms with Gasteiger partial charge in [-0.25, -0.2) is 0 Å². The number of amides is 1. The monoisotopic (exact) mass is 340 g/mol. The molecule has 0 bridgehead atoms. The maximum atomic E-state index is 12.9. The lowest BCUT2D eigenvalue weighted by molar-refractivity contribution is 0.0575. The van der Waals surface area contributed by atoms with Gasteiger partial charge in [-0.15, -0.1) is 0 Å². The first-order valence-corrected chi connectivity index (χ1v) is 8.94. The van der Waals surface area contributed by atoms with Gasteiger partial charge in [0, 0.05) is 75.4 Å².